The Balaban J connectivity index is 2.75. The standard InChI is InChI=1S/C11H16N2O/c1-3-4-11(14)13-10-7-8(2)5-6-9(10)12/h5-7H,3-4,12H2,1-2H3,(H,13,14). The number of anilines is 2. The fourth-order valence-electron chi connectivity index (χ4n) is 1.22. The summed E-state index contributed by atoms with van der Waals surface area (Å²) in [5.74, 6) is 0.0183. The lowest BCUT2D eigenvalue weighted by molar-refractivity contribution is -0.116. The van der Waals surface area contributed by atoms with E-state index in [1.807, 2.05) is 26.0 Å². The molecule has 76 valence electrons. The molecule has 3 N–H and O–H groups in total. The van der Waals surface area contributed by atoms with Crippen LogP contribution in [0.25, 0.3) is 0 Å². The summed E-state index contributed by atoms with van der Waals surface area (Å²) >= 11 is 0. The van der Waals surface area contributed by atoms with Crippen molar-refractivity contribution in [2.45, 2.75) is 26.7 Å². The summed E-state index contributed by atoms with van der Waals surface area (Å²) < 4.78 is 0. The topological polar surface area (TPSA) is 55.1 Å². The molecule has 0 radical (unpaired) electrons. The summed E-state index contributed by atoms with van der Waals surface area (Å²) in [6.45, 7) is 3.94. The number of nitrogen functional groups attached to an aromatic ring is 1. The van der Waals surface area contributed by atoms with E-state index in [0.29, 0.717) is 17.8 Å². The van der Waals surface area contributed by atoms with Gasteiger partial charge in [0.15, 0.2) is 0 Å². The van der Waals surface area contributed by atoms with Crippen LogP contribution in [0.1, 0.15) is 25.3 Å². The maximum atomic E-state index is 11.3. The molecule has 14 heavy (non-hydrogen) atoms. The quantitative estimate of drug-likeness (QED) is 0.722. The average Bonchev–Trinajstić information content (AvgIpc) is 2.12. The molecule has 0 aliphatic heterocycles. The molecule has 3 nitrogen and oxygen atoms in total. The Labute approximate surface area is 84.3 Å². The van der Waals surface area contributed by atoms with E-state index in [9.17, 15) is 4.79 Å². The van der Waals surface area contributed by atoms with Crippen molar-refractivity contribution in [1.29, 1.82) is 0 Å². The smallest absolute Gasteiger partial charge is 0.224 e. The van der Waals surface area contributed by atoms with Crippen molar-refractivity contribution in [3.8, 4) is 0 Å². The lowest BCUT2D eigenvalue weighted by Gasteiger charge is -2.08. The van der Waals surface area contributed by atoms with Crippen molar-refractivity contribution in [2.24, 2.45) is 0 Å². The predicted molar refractivity (Wildman–Crippen MR) is 59.1 cm³/mol. The van der Waals surface area contributed by atoms with E-state index >= 15 is 0 Å². The van der Waals surface area contributed by atoms with Crippen LogP contribution in [-0.2, 0) is 4.79 Å². The SMILES string of the molecule is CCCC(=O)Nc1cc(C)ccc1N. The van der Waals surface area contributed by atoms with Gasteiger partial charge in [-0.1, -0.05) is 13.0 Å². The number of nitrogens with one attached hydrogen (secondary N) is 1. The van der Waals surface area contributed by atoms with Crippen LogP contribution in [0.3, 0.4) is 0 Å². The zero-order valence-corrected chi connectivity index (χ0v) is 8.63. The van der Waals surface area contributed by atoms with Crippen LogP contribution in [0.2, 0.25) is 0 Å². The van der Waals surface area contributed by atoms with Gasteiger partial charge >= 0.3 is 0 Å². The highest BCUT2D eigenvalue weighted by Crippen LogP contribution is 2.19. The lowest BCUT2D eigenvalue weighted by atomic mass is 10.2. The Morgan fingerprint density at radius 3 is 2.86 bits per heavy atom. The summed E-state index contributed by atoms with van der Waals surface area (Å²) in [5.41, 5.74) is 8.13. The number of nitrogens with two attached hydrogens (primary N) is 1. The Morgan fingerprint density at radius 1 is 1.50 bits per heavy atom. The summed E-state index contributed by atoms with van der Waals surface area (Å²) in [6.07, 6.45) is 1.38. The predicted octanol–water partition coefficient (Wildman–Crippen LogP) is 2.32. The van der Waals surface area contributed by atoms with E-state index in [4.69, 9.17) is 5.73 Å². The number of aryl methyl sites for hydroxylation is 1. The normalized spacial score (nSPS) is 9.86. The zero-order chi connectivity index (χ0) is 10.6. The van der Waals surface area contributed by atoms with Gasteiger partial charge < -0.3 is 11.1 Å². The molecule has 0 unspecified atom stereocenters. The van der Waals surface area contributed by atoms with Gasteiger partial charge in [0.2, 0.25) is 5.91 Å². The van der Waals surface area contributed by atoms with Gasteiger partial charge in [0.05, 0.1) is 11.4 Å². The van der Waals surface area contributed by atoms with Gasteiger partial charge in [-0.2, -0.15) is 0 Å². The molecule has 1 amide bonds. The van der Waals surface area contributed by atoms with Gasteiger partial charge in [0.25, 0.3) is 0 Å². The maximum absolute atomic E-state index is 11.3. The fourth-order valence-corrected chi connectivity index (χ4v) is 1.22. The van der Waals surface area contributed by atoms with Gasteiger partial charge in [0, 0.05) is 6.42 Å². The zero-order valence-electron chi connectivity index (χ0n) is 8.63. The van der Waals surface area contributed by atoms with E-state index in [2.05, 4.69) is 5.32 Å². The first-order valence-corrected chi connectivity index (χ1v) is 4.79. The first-order valence-electron chi connectivity index (χ1n) is 4.79. The highest BCUT2D eigenvalue weighted by molar-refractivity contribution is 5.93. The third-order valence-corrected chi connectivity index (χ3v) is 1.96. The molecule has 1 rings (SSSR count). The highest BCUT2D eigenvalue weighted by atomic mass is 16.1. The molecule has 1 aromatic carbocycles. The van der Waals surface area contributed by atoms with Crippen LogP contribution < -0.4 is 11.1 Å². The fraction of sp³-hybridized carbons (Fsp3) is 0.364. The minimum Gasteiger partial charge on any atom is -0.397 e. The lowest BCUT2D eigenvalue weighted by Crippen LogP contribution is -2.12. The molecule has 0 aliphatic rings. The second kappa shape index (κ2) is 4.65. The van der Waals surface area contributed by atoms with E-state index in [1.54, 1.807) is 6.07 Å². The number of benzene rings is 1. The summed E-state index contributed by atoms with van der Waals surface area (Å²) in [7, 11) is 0. The molecule has 0 saturated carbocycles. The molecule has 0 bridgehead atoms. The minimum absolute atomic E-state index is 0.0183. The molecule has 0 saturated heterocycles. The minimum atomic E-state index is 0.0183. The molecule has 0 spiro atoms. The summed E-state index contributed by atoms with van der Waals surface area (Å²) in [5, 5.41) is 2.79. The van der Waals surface area contributed by atoms with Crippen LogP contribution in [0.15, 0.2) is 18.2 Å². The van der Waals surface area contributed by atoms with Gasteiger partial charge in [-0.15, -0.1) is 0 Å². The van der Waals surface area contributed by atoms with Gasteiger partial charge in [-0.05, 0) is 31.0 Å². The third-order valence-electron chi connectivity index (χ3n) is 1.96. The molecular formula is C11H16N2O. The largest absolute Gasteiger partial charge is 0.397 e. The monoisotopic (exact) mass is 192 g/mol. The Morgan fingerprint density at radius 2 is 2.21 bits per heavy atom. The second-order valence-corrected chi connectivity index (χ2v) is 3.39. The first kappa shape index (κ1) is 10.6. The maximum Gasteiger partial charge on any atom is 0.224 e. The van der Waals surface area contributed by atoms with Gasteiger partial charge in [-0.3, -0.25) is 4.79 Å². The summed E-state index contributed by atoms with van der Waals surface area (Å²) in [6, 6.07) is 5.60. The van der Waals surface area contributed by atoms with Gasteiger partial charge in [0.1, 0.15) is 0 Å². The molecule has 0 atom stereocenters. The Bertz CT molecular complexity index is 334. The van der Waals surface area contributed by atoms with Crippen LogP contribution in [-0.4, -0.2) is 5.91 Å². The molecule has 0 aliphatic carbocycles. The second-order valence-electron chi connectivity index (χ2n) is 3.39. The van der Waals surface area contributed by atoms with Crippen LogP contribution in [0, 0.1) is 6.92 Å². The van der Waals surface area contributed by atoms with Crippen molar-refractivity contribution in [2.75, 3.05) is 11.1 Å². The average molecular weight is 192 g/mol. The molecule has 1 aromatic rings. The molecule has 0 heterocycles. The van der Waals surface area contributed by atoms with E-state index in [-0.39, 0.29) is 5.91 Å². The number of amides is 1. The summed E-state index contributed by atoms with van der Waals surface area (Å²) in [4.78, 5) is 11.3. The number of carbonyl (C=O) groups is 1. The van der Waals surface area contributed by atoms with Crippen molar-refractivity contribution in [3.05, 3.63) is 23.8 Å². The van der Waals surface area contributed by atoms with Crippen molar-refractivity contribution < 1.29 is 4.79 Å². The van der Waals surface area contributed by atoms with E-state index < -0.39 is 0 Å². The van der Waals surface area contributed by atoms with Gasteiger partial charge in [-0.25, -0.2) is 0 Å². The Kier molecular flexibility index (Phi) is 3.51. The number of rotatable bonds is 3. The molecule has 0 fully saturated rings. The van der Waals surface area contributed by atoms with E-state index in [0.717, 1.165) is 12.0 Å². The third kappa shape index (κ3) is 2.76. The van der Waals surface area contributed by atoms with Crippen molar-refractivity contribution in [1.82, 2.24) is 0 Å². The Hall–Kier alpha value is -1.51. The number of carbonyl (C=O) groups excluding carboxylic acids is 1. The highest BCUT2D eigenvalue weighted by Gasteiger charge is 2.03. The molecule has 3 heteroatoms. The molecular weight excluding hydrogens is 176 g/mol. The first-order chi connectivity index (χ1) is 6.63. The van der Waals surface area contributed by atoms with Crippen LogP contribution in [0.5, 0.6) is 0 Å². The van der Waals surface area contributed by atoms with Crippen molar-refractivity contribution in [3.63, 3.8) is 0 Å². The van der Waals surface area contributed by atoms with Crippen LogP contribution in [0.4, 0.5) is 11.4 Å². The molecule has 0 aromatic heterocycles. The van der Waals surface area contributed by atoms with Crippen molar-refractivity contribution >= 4 is 17.3 Å². The number of hydrogen-bond donors (Lipinski definition) is 2. The number of hydrogen-bond acceptors (Lipinski definition) is 2. The van der Waals surface area contributed by atoms with E-state index in [1.165, 1.54) is 0 Å². The van der Waals surface area contributed by atoms with Crippen LogP contribution >= 0.6 is 0 Å².